The van der Waals surface area contributed by atoms with Crippen LogP contribution in [0.15, 0.2) is 29.6 Å². The van der Waals surface area contributed by atoms with Crippen LogP contribution in [0.4, 0.5) is 9.52 Å². The van der Waals surface area contributed by atoms with Crippen molar-refractivity contribution in [1.29, 1.82) is 0 Å². The van der Waals surface area contributed by atoms with Crippen molar-refractivity contribution in [1.82, 2.24) is 4.98 Å². The van der Waals surface area contributed by atoms with E-state index in [9.17, 15) is 9.18 Å². The van der Waals surface area contributed by atoms with Crippen LogP contribution >= 0.6 is 11.3 Å². The maximum Gasteiger partial charge on any atom is 0.306 e. The number of thiazole rings is 1. The number of aromatic nitrogens is 1. The fraction of sp³-hybridized carbons (Fsp3) is 0.333. The summed E-state index contributed by atoms with van der Waals surface area (Å²) < 4.78 is 18.3. The molecule has 0 spiro atoms. The van der Waals surface area contributed by atoms with Crippen molar-refractivity contribution in [2.24, 2.45) is 0 Å². The molecule has 1 aromatic heterocycles. The highest BCUT2D eigenvalue weighted by molar-refractivity contribution is 7.13. The van der Waals surface area contributed by atoms with Crippen LogP contribution in [-0.2, 0) is 22.5 Å². The van der Waals surface area contributed by atoms with E-state index in [1.165, 1.54) is 17.4 Å². The van der Waals surface area contributed by atoms with Crippen molar-refractivity contribution in [2.75, 3.05) is 11.9 Å². The summed E-state index contributed by atoms with van der Waals surface area (Å²) in [5.74, 6) is -0.449. The van der Waals surface area contributed by atoms with E-state index in [0.29, 0.717) is 31.6 Å². The number of carbonyl (C=O) groups excluding carboxylic acids is 1. The zero-order chi connectivity index (χ0) is 15.1. The summed E-state index contributed by atoms with van der Waals surface area (Å²) in [7, 11) is 0. The molecule has 2 aromatic rings. The predicted octanol–water partition coefficient (Wildman–Crippen LogP) is 3.39. The van der Waals surface area contributed by atoms with Gasteiger partial charge in [0.1, 0.15) is 5.82 Å². The first kappa shape index (κ1) is 15.4. The fourth-order valence-corrected chi connectivity index (χ4v) is 2.52. The number of esters is 1. The van der Waals surface area contributed by atoms with Gasteiger partial charge in [0, 0.05) is 23.9 Å². The van der Waals surface area contributed by atoms with Crippen molar-refractivity contribution in [2.45, 2.75) is 26.3 Å². The minimum Gasteiger partial charge on any atom is -0.466 e. The molecule has 4 nitrogen and oxygen atoms in total. The Morgan fingerprint density at radius 2 is 2.24 bits per heavy atom. The Morgan fingerprint density at radius 3 is 3.00 bits per heavy atom. The molecule has 112 valence electrons. The van der Waals surface area contributed by atoms with Crippen molar-refractivity contribution >= 4 is 22.4 Å². The summed E-state index contributed by atoms with van der Waals surface area (Å²) in [6.45, 7) is 2.56. The van der Waals surface area contributed by atoms with Crippen molar-refractivity contribution in [3.05, 3.63) is 46.7 Å². The smallest absolute Gasteiger partial charge is 0.306 e. The SMILES string of the molecule is CCOC(=O)CCc1csc(NCc2ccccc2F)n1. The molecule has 0 unspecified atom stereocenters. The lowest BCUT2D eigenvalue weighted by Crippen LogP contribution is -2.05. The number of nitrogens with zero attached hydrogens (tertiary/aromatic N) is 1. The molecule has 0 fully saturated rings. The zero-order valence-electron chi connectivity index (χ0n) is 11.8. The zero-order valence-corrected chi connectivity index (χ0v) is 12.6. The molecule has 0 saturated heterocycles. The van der Waals surface area contributed by atoms with Gasteiger partial charge in [-0.2, -0.15) is 0 Å². The third-order valence-electron chi connectivity index (χ3n) is 2.83. The maximum atomic E-state index is 13.5. The van der Waals surface area contributed by atoms with Crippen LogP contribution in [0.1, 0.15) is 24.6 Å². The number of benzene rings is 1. The van der Waals surface area contributed by atoms with Gasteiger partial charge in [0.25, 0.3) is 0 Å². The van der Waals surface area contributed by atoms with E-state index < -0.39 is 0 Å². The molecular weight excluding hydrogens is 291 g/mol. The number of rotatable bonds is 7. The first-order valence-corrected chi connectivity index (χ1v) is 7.64. The van der Waals surface area contributed by atoms with Crippen molar-refractivity contribution in [3.63, 3.8) is 0 Å². The van der Waals surface area contributed by atoms with Crippen LogP contribution in [0.3, 0.4) is 0 Å². The van der Waals surface area contributed by atoms with Crippen LogP contribution < -0.4 is 5.32 Å². The van der Waals surface area contributed by atoms with Gasteiger partial charge in [0.15, 0.2) is 5.13 Å². The number of halogens is 1. The van der Waals surface area contributed by atoms with Crippen LogP contribution in [0, 0.1) is 5.82 Å². The van der Waals surface area contributed by atoms with Gasteiger partial charge in [0.05, 0.1) is 18.7 Å². The van der Waals surface area contributed by atoms with Gasteiger partial charge in [-0.3, -0.25) is 4.79 Å². The number of ether oxygens (including phenoxy) is 1. The normalized spacial score (nSPS) is 10.4. The Morgan fingerprint density at radius 1 is 1.43 bits per heavy atom. The minimum absolute atomic E-state index is 0.216. The van der Waals surface area contributed by atoms with Gasteiger partial charge < -0.3 is 10.1 Å². The second-order valence-corrected chi connectivity index (χ2v) is 5.25. The maximum absolute atomic E-state index is 13.5. The summed E-state index contributed by atoms with van der Waals surface area (Å²) in [5, 5.41) is 5.70. The molecule has 6 heteroatoms. The van der Waals surface area contributed by atoms with Gasteiger partial charge in [-0.15, -0.1) is 11.3 Å². The van der Waals surface area contributed by atoms with Gasteiger partial charge >= 0.3 is 5.97 Å². The standard InChI is InChI=1S/C15H17FN2O2S/c1-2-20-14(19)8-7-12-10-21-15(18-12)17-9-11-5-3-4-6-13(11)16/h3-6,10H,2,7-9H2,1H3,(H,17,18). The van der Waals surface area contributed by atoms with Gasteiger partial charge in [-0.25, -0.2) is 9.37 Å². The molecule has 0 aliphatic rings. The highest BCUT2D eigenvalue weighted by Crippen LogP contribution is 2.18. The number of hydrogen-bond donors (Lipinski definition) is 1. The highest BCUT2D eigenvalue weighted by atomic mass is 32.1. The molecule has 0 radical (unpaired) electrons. The Hall–Kier alpha value is -1.95. The largest absolute Gasteiger partial charge is 0.466 e. The number of carbonyl (C=O) groups is 1. The first-order chi connectivity index (χ1) is 10.2. The number of nitrogens with one attached hydrogen (secondary N) is 1. The molecule has 0 atom stereocenters. The highest BCUT2D eigenvalue weighted by Gasteiger charge is 2.07. The molecule has 0 aliphatic heterocycles. The van der Waals surface area contributed by atoms with Gasteiger partial charge in [-0.05, 0) is 13.0 Å². The Labute approximate surface area is 127 Å². The molecular formula is C15H17FN2O2S. The van der Waals surface area contributed by atoms with Crippen LogP contribution in [0.2, 0.25) is 0 Å². The minimum atomic E-state index is -0.232. The number of hydrogen-bond acceptors (Lipinski definition) is 5. The summed E-state index contributed by atoms with van der Waals surface area (Å²) in [5.41, 5.74) is 1.44. The summed E-state index contributed by atoms with van der Waals surface area (Å²) in [6, 6.07) is 6.63. The Kier molecular flexibility index (Phi) is 5.68. The van der Waals surface area contributed by atoms with Crippen LogP contribution in [0.25, 0.3) is 0 Å². The monoisotopic (exact) mass is 308 g/mol. The Bertz CT molecular complexity index is 601. The first-order valence-electron chi connectivity index (χ1n) is 6.76. The quantitative estimate of drug-likeness (QED) is 0.797. The predicted molar refractivity (Wildman–Crippen MR) is 80.8 cm³/mol. The molecule has 0 bridgehead atoms. The van der Waals surface area contributed by atoms with E-state index in [2.05, 4.69) is 10.3 Å². The lowest BCUT2D eigenvalue weighted by Gasteiger charge is -2.03. The fourth-order valence-electron chi connectivity index (χ4n) is 1.78. The molecule has 1 heterocycles. The van der Waals surface area contributed by atoms with E-state index in [4.69, 9.17) is 4.74 Å². The molecule has 1 N–H and O–H groups in total. The summed E-state index contributed by atoms with van der Waals surface area (Å²) >= 11 is 1.44. The average Bonchev–Trinajstić information content (AvgIpc) is 2.93. The second kappa shape index (κ2) is 7.73. The van der Waals surface area contributed by atoms with E-state index in [-0.39, 0.29) is 11.8 Å². The van der Waals surface area contributed by atoms with Crippen LogP contribution in [0.5, 0.6) is 0 Å². The van der Waals surface area contributed by atoms with E-state index >= 15 is 0 Å². The number of aryl methyl sites for hydroxylation is 1. The molecule has 0 aliphatic carbocycles. The van der Waals surface area contributed by atoms with Crippen molar-refractivity contribution < 1.29 is 13.9 Å². The third-order valence-corrected chi connectivity index (χ3v) is 3.68. The second-order valence-electron chi connectivity index (χ2n) is 4.39. The number of anilines is 1. The molecule has 1 aromatic carbocycles. The topological polar surface area (TPSA) is 51.2 Å². The molecule has 0 saturated carbocycles. The van der Waals surface area contributed by atoms with E-state index in [1.807, 2.05) is 5.38 Å². The third kappa shape index (κ3) is 4.82. The van der Waals surface area contributed by atoms with Crippen molar-refractivity contribution in [3.8, 4) is 0 Å². The summed E-state index contributed by atoms with van der Waals surface area (Å²) in [4.78, 5) is 15.6. The molecule has 21 heavy (non-hydrogen) atoms. The Balaban J connectivity index is 1.83. The van der Waals surface area contributed by atoms with Gasteiger partial charge in [-0.1, -0.05) is 18.2 Å². The van der Waals surface area contributed by atoms with E-state index in [1.54, 1.807) is 25.1 Å². The van der Waals surface area contributed by atoms with Gasteiger partial charge in [0.2, 0.25) is 0 Å². The van der Waals surface area contributed by atoms with Crippen LogP contribution in [-0.4, -0.2) is 17.6 Å². The van der Waals surface area contributed by atoms with E-state index in [0.717, 1.165) is 10.8 Å². The lowest BCUT2D eigenvalue weighted by molar-refractivity contribution is -0.143. The molecule has 0 amide bonds. The average molecular weight is 308 g/mol. The molecule has 2 rings (SSSR count). The summed E-state index contributed by atoms with van der Waals surface area (Å²) in [6.07, 6.45) is 0.876. The lowest BCUT2D eigenvalue weighted by atomic mass is 10.2.